The van der Waals surface area contributed by atoms with E-state index in [0.717, 1.165) is 12.1 Å². The Balaban J connectivity index is 2.05. The van der Waals surface area contributed by atoms with Gasteiger partial charge in [-0.2, -0.15) is 18.3 Å². The van der Waals surface area contributed by atoms with Crippen LogP contribution in [-0.2, 0) is 12.9 Å². The van der Waals surface area contributed by atoms with Gasteiger partial charge in [0.1, 0.15) is 29.9 Å². The molecule has 0 spiro atoms. The maximum atomic E-state index is 14.2. The topological polar surface area (TPSA) is 94.8 Å². The number of hydrogen-bond acceptors (Lipinski definition) is 5. The van der Waals surface area contributed by atoms with Gasteiger partial charge in [-0.1, -0.05) is 11.6 Å². The molecule has 2 aromatic heterocycles. The van der Waals surface area contributed by atoms with Crippen LogP contribution in [0, 0.1) is 5.82 Å². The number of hydrogen-bond donors (Lipinski definition) is 1. The standard InChI is InChI=1S/C14H8ClF4N5O3/c15-7-1-8(16)9(2-10(7)27-6-23-5-20-4-21-23)24-12(25)3-11(14(17,18)19)22-13(24)26/h1-5H,6H2,(H,22,26). The van der Waals surface area contributed by atoms with Crippen molar-refractivity contribution in [2.75, 3.05) is 0 Å². The van der Waals surface area contributed by atoms with Gasteiger partial charge in [-0.05, 0) is 6.07 Å². The summed E-state index contributed by atoms with van der Waals surface area (Å²) >= 11 is 5.86. The molecule has 142 valence electrons. The van der Waals surface area contributed by atoms with E-state index in [0.29, 0.717) is 0 Å². The van der Waals surface area contributed by atoms with Gasteiger partial charge in [-0.15, -0.1) is 0 Å². The summed E-state index contributed by atoms with van der Waals surface area (Å²) in [5, 5.41) is 3.58. The Labute approximate surface area is 151 Å². The van der Waals surface area contributed by atoms with Crippen LogP contribution in [0.25, 0.3) is 5.69 Å². The third kappa shape index (κ3) is 3.84. The molecule has 0 atom stereocenters. The summed E-state index contributed by atoms with van der Waals surface area (Å²) in [5.74, 6) is -1.24. The van der Waals surface area contributed by atoms with Crippen molar-refractivity contribution in [3.8, 4) is 11.4 Å². The zero-order chi connectivity index (χ0) is 19.8. The number of nitrogens with zero attached hydrogens (tertiary/aromatic N) is 4. The van der Waals surface area contributed by atoms with Crippen molar-refractivity contribution in [1.29, 1.82) is 0 Å². The molecule has 3 rings (SSSR count). The first-order chi connectivity index (χ1) is 12.7. The molecular weight excluding hydrogens is 398 g/mol. The minimum absolute atomic E-state index is 0.130. The van der Waals surface area contributed by atoms with Crippen LogP contribution in [-0.4, -0.2) is 24.3 Å². The van der Waals surface area contributed by atoms with Gasteiger partial charge in [-0.25, -0.2) is 23.4 Å². The molecule has 0 amide bonds. The van der Waals surface area contributed by atoms with Crippen LogP contribution in [0.5, 0.6) is 5.75 Å². The molecule has 1 N–H and O–H groups in total. The van der Waals surface area contributed by atoms with Gasteiger partial charge in [0.05, 0.1) is 10.7 Å². The van der Waals surface area contributed by atoms with Crippen molar-refractivity contribution in [2.45, 2.75) is 12.9 Å². The number of alkyl halides is 3. The fourth-order valence-corrected chi connectivity index (χ4v) is 2.32. The molecule has 0 aliphatic heterocycles. The lowest BCUT2D eigenvalue weighted by atomic mass is 10.2. The number of aromatic nitrogens is 5. The molecule has 0 saturated carbocycles. The molecule has 0 saturated heterocycles. The van der Waals surface area contributed by atoms with Gasteiger partial charge >= 0.3 is 11.9 Å². The monoisotopic (exact) mass is 405 g/mol. The fourth-order valence-electron chi connectivity index (χ4n) is 2.11. The van der Waals surface area contributed by atoms with E-state index in [2.05, 4.69) is 10.1 Å². The van der Waals surface area contributed by atoms with Crippen LogP contribution < -0.4 is 16.0 Å². The van der Waals surface area contributed by atoms with E-state index in [1.807, 2.05) is 0 Å². The highest BCUT2D eigenvalue weighted by atomic mass is 35.5. The Morgan fingerprint density at radius 1 is 1.22 bits per heavy atom. The van der Waals surface area contributed by atoms with Gasteiger partial charge in [0.25, 0.3) is 5.56 Å². The van der Waals surface area contributed by atoms with Crippen molar-refractivity contribution < 1.29 is 22.3 Å². The fraction of sp³-hybridized carbons (Fsp3) is 0.143. The molecule has 0 aliphatic rings. The summed E-state index contributed by atoms with van der Waals surface area (Å²) in [6.45, 7) is -0.178. The van der Waals surface area contributed by atoms with Crippen molar-refractivity contribution >= 4 is 11.6 Å². The maximum absolute atomic E-state index is 14.2. The maximum Gasteiger partial charge on any atom is 0.431 e. The van der Waals surface area contributed by atoms with Crippen LogP contribution >= 0.6 is 11.6 Å². The Kier molecular flexibility index (Phi) is 4.74. The van der Waals surface area contributed by atoms with E-state index >= 15 is 0 Å². The third-order valence-electron chi connectivity index (χ3n) is 3.30. The number of halogens is 5. The number of benzene rings is 1. The number of ether oxygens (including phenoxy) is 1. The predicted molar refractivity (Wildman–Crippen MR) is 83.3 cm³/mol. The van der Waals surface area contributed by atoms with Crippen molar-refractivity contribution in [1.82, 2.24) is 24.3 Å². The summed E-state index contributed by atoms with van der Waals surface area (Å²) in [6, 6.07) is 1.82. The number of H-pyrrole nitrogens is 1. The molecule has 3 aromatic rings. The van der Waals surface area contributed by atoms with E-state index in [9.17, 15) is 27.2 Å². The largest absolute Gasteiger partial charge is 0.470 e. The van der Waals surface area contributed by atoms with Gasteiger partial charge in [0.15, 0.2) is 6.73 Å². The highest BCUT2D eigenvalue weighted by Gasteiger charge is 2.33. The molecule has 0 aliphatic carbocycles. The van der Waals surface area contributed by atoms with Crippen LogP contribution in [0.1, 0.15) is 5.69 Å². The second-order valence-corrected chi connectivity index (χ2v) is 5.51. The van der Waals surface area contributed by atoms with Crippen LogP contribution in [0.3, 0.4) is 0 Å². The Hall–Kier alpha value is -3.15. The highest BCUT2D eigenvalue weighted by molar-refractivity contribution is 6.32. The van der Waals surface area contributed by atoms with Crippen molar-refractivity contribution in [3.05, 3.63) is 68.2 Å². The lowest BCUT2D eigenvalue weighted by Crippen LogP contribution is -2.36. The van der Waals surface area contributed by atoms with Crippen molar-refractivity contribution in [2.24, 2.45) is 0 Å². The third-order valence-corrected chi connectivity index (χ3v) is 3.59. The van der Waals surface area contributed by atoms with E-state index in [4.69, 9.17) is 16.3 Å². The summed E-state index contributed by atoms with van der Waals surface area (Å²) in [5.41, 5.74) is -5.04. The van der Waals surface area contributed by atoms with E-state index < -0.39 is 34.6 Å². The van der Waals surface area contributed by atoms with E-state index in [1.54, 1.807) is 0 Å². The highest BCUT2D eigenvalue weighted by Crippen LogP contribution is 2.29. The second-order valence-electron chi connectivity index (χ2n) is 5.10. The molecule has 0 bridgehead atoms. The van der Waals surface area contributed by atoms with Gasteiger partial charge in [0.2, 0.25) is 0 Å². The quantitative estimate of drug-likeness (QED) is 0.670. The minimum atomic E-state index is -4.94. The zero-order valence-corrected chi connectivity index (χ0v) is 13.8. The molecule has 1 aromatic carbocycles. The normalized spacial score (nSPS) is 11.6. The molecule has 13 heteroatoms. The average Bonchev–Trinajstić information content (AvgIpc) is 3.07. The van der Waals surface area contributed by atoms with Gasteiger partial charge < -0.3 is 9.72 Å². The first-order valence-corrected chi connectivity index (χ1v) is 7.43. The van der Waals surface area contributed by atoms with Gasteiger partial charge in [-0.3, -0.25) is 4.79 Å². The first kappa shape index (κ1) is 18.6. The van der Waals surface area contributed by atoms with Crippen molar-refractivity contribution in [3.63, 3.8) is 0 Å². The molecule has 0 fully saturated rings. The Morgan fingerprint density at radius 2 is 1.96 bits per heavy atom. The van der Waals surface area contributed by atoms with E-state index in [-0.39, 0.29) is 28.1 Å². The molecule has 0 radical (unpaired) electrons. The summed E-state index contributed by atoms with van der Waals surface area (Å²) in [6.07, 6.45) is -2.38. The Morgan fingerprint density at radius 3 is 2.56 bits per heavy atom. The lowest BCUT2D eigenvalue weighted by Gasteiger charge is -2.13. The van der Waals surface area contributed by atoms with Crippen LogP contribution in [0.4, 0.5) is 17.6 Å². The molecule has 27 heavy (non-hydrogen) atoms. The predicted octanol–water partition coefficient (Wildman–Crippen LogP) is 1.97. The molecule has 0 unspecified atom stereocenters. The molecular formula is C14H8ClF4N5O3. The summed E-state index contributed by atoms with van der Waals surface area (Å²) in [4.78, 5) is 29.1. The first-order valence-electron chi connectivity index (χ1n) is 7.05. The average molecular weight is 406 g/mol. The van der Waals surface area contributed by atoms with E-state index in [1.165, 1.54) is 22.3 Å². The zero-order valence-electron chi connectivity index (χ0n) is 13.0. The SMILES string of the molecule is O=c1cc(C(F)(F)F)[nH]c(=O)n1-c1cc(OCn2cncn2)c(Cl)cc1F. The smallest absolute Gasteiger partial charge is 0.431 e. The number of rotatable bonds is 4. The minimum Gasteiger partial charge on any atom is -0.470 e. The van der Waals surface area contributed by atoms with Gasteiger partial charge in [0, 0.05) is 12.1 Å². The molecule has 2 heterocycles. The summed E-state index contributed by atoms with van der Waals surface area (Å²) in [7, 11) is 0. The van der Waals surface area contributed by atoms with Crippen LogP contribution in [0.2, 0.25) is 5.02 Å². The Bertz CT molecular complexity index is 1060. The summed E-state index contributed by atoms with van der Waals surface area (Å²) < 4.78 is 59.0. The van der Waals surface area contributed by atoms with Crippen LogP contribution in [0.15, 0.2) is 40.4 Å². The second kappa shape index (κ2) is 6.87. The lowest BCUT2D eigenvalue weighted by molar-refractivity contribution is -0.141. The number of nitrogens with one attached hydrogen (secondary N) is 1. The molecule has 8 nitrogen and oxygen atoms in total. The number of aromatic amines is 1.